The second kappa shape index (κ2) is 31.4. The molecule has 0 bridgehead atoms. The minimum Gasteiger partial charge on any atom is -0.457 e. The van der Waals surface area contributed by atoms with E-state index in [2.05, 4.69) is 13.8 Å². The zero-order chi connectivity index (χ0) is 31.9. The Balaban J connectivity index is 4.25. The fourth-order valence-electron chi connectivity index (χ4n) is 4.83. The highest BCUT2D eigenvalue weighted by molar-refractivity contribution is 7.47. The van der Waals surface area contributed by atoms with Crippen LogP contribution in [0.25, 0.3) is 0 Å². The first-order valence-electron chi connectivity index (χ1n) is 17.5. The van der Waals surface area contributed by atoms with Gasteiger partial charge in [0.1, 0.15) is 12.2 Å². The van der Waals surface area contributed by atoms with Crippen LogP contribution >= 0.6 is 7.82 Å². The molecule has 3 atom stereocenters. The Morgan fingerprint density at radius 1 is 0.628 bits per heavy atom. The number of rotatable bonds is 34. The second-order valence-corrected chi connectivity index (χ2v) is 13.4. The van der Waals surface area contributed by atoms with Crippen molar-refractivity contribution >= 4 is 13.8 Å². The summed E-state index contributed by atoms with van der Waals surface area (Å²) >= 11 is 0. The molecule has 3 N–H and O–H groups in total. The minimum absolute atomic E-state index is 0.0566. The maximum atomic E-state index is 12.5. The van der Waals surface area contributed by atoms with E-state index in [4.69, 9.17) is 23.6 Å². The van der Waals surface area contributed by atoms with Crippen molar-refractivity contribution < 1.29 is 43.0 Å². The van der Waals surface area contributed by atoms with Gasteiger partial charge in [0.2, 0.25) is 0 Å². The predicted molar refractivity (Wildman–Crippen MR) is 173 cm³/mol. The van der Waals surface area contributed by atoms with Crippen LogP contribution in [0.4, 0.5) is 0 Å². The first-order valence-corrected chi connectivity index (χ1v) is 19.0. The summed E-state index contributed by atoms with van der Waals surface area (Å²) in [5, 5.41) is 18.2. The van der Waals surface area contributed by atoms with Crippen LogP contribution < -0.4 is 0 Å². The largest absolute Gasteiger partial charge is 0.472 e. The molecule has 0 rings (SSSR count). The number of ether oxygens (including phenoxy) is 2. The number of hydrogen-bond donors (Lipinski definition) is 3. The van der Waals surface area contributed by atoms with Crippen molar-refractivity contribution in [3.63, 3.8) is 0 Å². The number of aliphatic hydroxyl groups is 2. The molecule has 0 aliphatic heterocycles. The molecule has 0 heterocycles. The van der Waals surface area contributed by atoms with Crippen molar-refractivity contribution in [1.29, 1.82) is 0 Å². The number of aliphatic hydroxyl groups excluding tert-OH is 2. The van der Waals surface area contributed by atoms with E-state index in [1.54, 1.807) is 0 Å². The summed E-state index contributed by atoms with van der Waals surface area (Å²) in [6.45, 7) is 3.51. The summed E-state index contributed by atoms with van der Waals surface area (Å²) in [4.78, 5) is 22.3. The van der Waals surface area contributed by atoms with Gasteiger partial charge in [0, 0.05) is 13.0 Å². The molecule has 3 unspecified atom stereocenters. The molecule has 43 heavy (non-hydrogen) atoms. The number of phosphoric ester groups is 1. The number of carbonyl (C=O) groups is 1. The third kappa shape index (κ3) is 31.2. The van der Waals surface area contributed by atoms with E-state index in [0.29, 0.717) is 6.61 Å². The van der Waals surface area contributed by atoms with Gasteiger partial charge in [-0.1, -0.05) is 142 Å². The molecule has 0 saturated carbocycles. The third-order valence-electron chi connectivity index (χ3n) is 7.54. The molecule has 0 aromatic heterocycles. The Bertz CT molecular complexity index is 650. The normalized spacial score (nSPS) is 14.4. The lowest BCUT2D eigenvalue weighted by molar-refractivity contribution is -0.154. The smallest absolute Gasteiger partial charge is 0.457 e. The lowest BCUT2D eigenvalue weighted by atomic mass is 10.1. The summed E-state index contributed by atoms with van der Waals surface area (Å²) < 4.78 is 33.1. The van der Waals surface area contributed by atoms with Gasteiger partial charge < -0.3 is 24.6 Å². The van der Waals surface area contributed by atoms with Gasteiger partial charge in [-0.3, -0.25) is 13.8 Å². The molecule has 0 aliphatic carbocycles. The van der Waals surface area contributed by atoms with Crippen LogP contribution in [0, 0.1) is 0 Å². The zero-order valence-electron chi connectivity index (χ0n) is 27.7. The van der Waals surface area contributed by atoms with Gasteiger partial charge in [0.05, 0.1) is 26.4 Å². The van der Waals surface area contributed by atoms with E-state index in [-0.39, 0.29) is 25.6 Å². The highest BCUT2D eigenvalue weighted by atomic mass is 31.2. The van der Waals surface area contributed by atoms with Crippen LogP contribution in [0.15, 0.2) is 0 Å². The zero-order valence-corrected chi connectivity index (χ0v) is 28.6. The van der Waals surface area contributed by atoms with Crippen LogP contribution in [0.5, 0.6) is 0 Å². The molecular formula is C33H67O9P. The van der Waals surface area contributed by atoms with Gasteiger partial charge in [0.25, 0.3) is 0 Å². The number of esters is 1. The van der Waals surface area contributed by atoms with Crippen molar-refractivity contribution in [1.82, 2.24) is 0 Å². The van der Waals surface area contributed by atoms with Crippen molar-refractivity contribution in [2.45, 2.75) is 174 Å². The van der Waals surface area contributed by atoms with E-state index in [9.17, 15) is 19.4 Å². The highest BCUT2D eigenvalue weighted by Gasteiger charge is 2.26. The number of carbonyl (C=O) groups excluding carboxylic acids is 1. The Labute approximate surface area is 263 Å². The molecule has 10 heteroatoms. The average Bonchev–Trinajstić information content (AvgIpc) is 2.99. The molecule has 0 amide bonds. The Hall–Kier alpha value is -0.540. The first kappa shape index (κ1) is 42.5. The molecular weight excluding hydrogens is 571 g/mol. The van der Waals surface area contributed by atoms with Crippen LogP contribution in [-0.4, -0.2) is 66.3 Å². The Morgan fingerprint density at radius 3 is 1.51 bits per heavy atom. The molecule has 0 spiro atoms. The van der Waals surface area contributed by atoms with Crippen LogP contribution in [0.3, 0.4) is 0 Å². The van der Waals surface area contributed by atoms with Crippen molar-refractivity contribution in [2.24, 2.45) is 0 Å². The van der Waals surface area contributed by atoms with Gasteiger partial charge in [-0.2, -0.15) is 0 Å². The summed E-state index contributed by atoms with van der Waals surface area (Å²) in [5.41, 5.74) is 0. The minimum atomic E-state index is -4.49. The second-order valence-electron chi connectivity index (χ2n) is 11.9. The molecule has 258 valence electrons. The quantitative estimate of drug-likeness (QED) is 0.0361. The van der Waals surface area contributed by atoms with E-state index in [1.165, 1.54) is 109 Å². The summed E-state index contributed by atoms with van der Waals surface area (Å²) in [7, 11) is -4.49. The standard InChI is InChI=1S/C33H67O9P/c1-3-5-7-9-11-13-15-17-19-21-23-25-33(36)42-32(30-41-43(37,38)40-28-31(35)27-34)29-39-26-24-22-20-18-16-14-12-10-8-6-4-2/h31-32,34-35H,3-30H2,1-2H3,(H,37,38). The number of phosphoric acid groups is 1. The fourth-order valence-corrected chi connectivity index (χ4v) is 5.61. The predicted octanol–water partition coefficient (Wildman–Crippen LogP) is 8.41. The van der Waals surface area contributed by atoms with Gasteiger partial charge in [-0.05, 0) is 12.8 Å². The average molecular weight is 639 g/mol. The van der Waals surface area contributed by atoms with Crippen molar-refractivity contribution in [3.8, 4) is 0 Å². The van der Waals surface area contributed by atoms with Crippen molar-refractivity contribution in [3.05, 3.63) is 0 Å². The van der Waals surface area contributed by atoms with Gasteiger partial charge in [-0.25, -0.2) is 4.57 Å². The van der Waals surface area contributed by atoms with E-state index >= 15 is 0 Å². The monoisotopic (exact) mass is 638 g/mol. The van der Waals surface area contributed by atoms with E-state index < -0.39 is 33.2 Å². The van der Waals surface area contributed by atoms with E-state index in [1.807, 2.05) is 0 Å². The fraction of sp³-hybridized carbons (Fsp3) is 0.970. The number of hydrogen-bond acceptors (Lipinski definition) is 8. The SMILES string of the molecule is CCCCCCCCCCCCCOCC(COP(=O)(O)OCC(O)CO)OC(=O)CCCCCCCCCCCCC. The lowest BCUT2D eigenvalue weighted by Gasteiger charge is -2.20. The first-order chi connectivity index (χ1) is 20.8. The molecule has 0 radical (unpaired) electrons. The summed E-state index contributed by atoms with van der Waals surface area (Å²) in [6.07, 6.45) is 24.8. The van der Waals surface area contributed by atoms with Crippen molar-refractivity contribution in [2.75, 3.05) is 33.0 Å². The topological polar surface area (TPSA) is 132 Å². The molecule has 0 aliphatic rings. The third-order valence-corrected chi connectivity index (χ3v) is 8.49. The lowest BCUT2D eigenvalue weighted by Crippen LogP contribution is -2.29. The van der Waals surface area contributed by atoms with Crippen LogP contribution in [-0.2, 0) is 27.9 Å². The molecule has 9 nitrogen and oxygen atoms in total. The molecule has 0 fully saturated rings. The molecule has 0 saturated heterocycles. The van der Waals surface area contributed by atoms with E-state index in [0.717, 1.165) is 32.1 Å². The maximum Gasteiger partial charge on any atom is 0.472 e. The Morgan fingerprint density at radius 2 is 1.05 bits per heavy atom. The summed E-state index contributed by atoms with van der Waals surface area (Å²) in [6, 6.07) is 0. The maximum absolute atomic E-state index is 12.5. The van der Waals surface area contributed by atoms with Crippen LogP contribution in [0.1, 0.15) is 162 Å². The number of unbranched alkanes of at least 4 members (excludes halogenated alkanes) is 20. The Kier molecular flexibility index (Phi) is 31.0. The van der Waals surface area contributed by atoms with Gasteiger partial charge in [-0.15, -0.1) is 0 Å². The van der Waals surface area contributed by atoms with Gasteiger partial charge >= 0.3 is 13.8 Å². The molecule has 0 aromatic rings. The molecule has 0 aromatic carbocycles. The van der Waals surface area contributed by atoms with Gasteiger partial charge in [0.15, 0.2) is 0 Å². The van der Waals surface area contributed by atoms with Crippen LogP contribution in [0.2, 0.25) is 0 Å². The summed E-state index contributed by atoms with van der Waals surface area (Å²) in [5.74, 6) is -0.382. The highest BCUT2D eigenvalue weighted by Crippen LogP contribution is 2.43.